The number of hydrogen-bond donors (Lipinski definition) is 0. The lowest BCUT2D eigenvalue weighted by Gasteiger charge is -2.35. The summed E-state index contributed by atoms with van der Waals surface area (Å²) >= 11 is 0. The van der Waals surface area contributed by atoms with E-state index in [2.05, 4.69) is 6.07 Å². The van der Waals surface area contributed by atoms with Gasteiger partial charge in [-0.15, -0.1) is 0 Å². The molecule has 0 amide bonds. The van der Waals surface area contributed by atoms with Gasteiger partial charge in [-0.25, -0.2) is 0 Å². The topological polar surface area (TPSA) is 76.4 Å². The average molecular weight is 393 g/mol. The fourth-order valence-electron chi connectivity index (χ4n) is 3.32. The number of nitrogens with zero attached hydrogens (tertiary/aromatic N) is 1. The van der Waals surface area contributed by atoms with Crippen molar-refractivity contribution in [1.29, 1.82) is 5.26 Å². The number of nitriles is 1. The van der Waals surface area contributed by atoms with E-state index >= 15 is 0 Å². The maximum absolute atomic E-state index is 12.7. The zero-order valence-electron chi connectivity index (χ0n) is 17.3. The van der Waals surface area contributed by atoms with Crippen LogP contribution in [-0.4, -0.2) is 24.1 Å². The summed E-state index contributed by atoms with van der Waals surface area (Å²) in [5.41, 5.74) is -0.404. The first kappa shape index (κ1) is 22.2. The van der Waals surface area contributed by atoms with Gasteiger partial charge in [-0.1, -0.05) is 60.7 Å². The first-order chi connectivity index (χ1) is 13.7. The van der Waals surface area contributed by atoms with Gasteiger partial charge in [0.2, 0.25) is 0 Å². The molecule has 0 aliphatic rings. The molecule has 0 bridgehead atoms. The van der Waals surface area contributed by atoms with Crippen LogP contribution in [0.15, 0.2) is 60.7 Å². The lowest BCUT2D eigenvalue weighted by Crippen LogP contribution is -2.40. The molecule has 0 heterocycles. The SMILES string of the molecule is CC(=O)OC[C@@](C#N)(c1ccccc1)[C@@H](CC(=O)OC(C)(C)C)c1ccccc1. The standard InChI is InChI=1S/C24H27NO4/c1-18(26)28-17-24(16-25,20-13-9-6-10-14-20)21(19-11-7-5-8-12-19)15-22(27)29-23(2,3)4/h5-14,21H,15,17H2,1-4H3/t21-,24-/m0/s1. The second-order valence-electron chi connectivity index (χ2n) is 7.98. The first-order valence-electron chi connectivity index (χ1n) is 9.55. The summed E-state index contributed by atoms with van der Waals surface area (Å²) in [5, 5.41) is 10.3. The molecule has 0 aliphatic heterocycles. The summed E-state index contributed by atoms with van der Waals surface area (Å²) in [5.74, 6) is -1.46. The Balaban J connectivity index is 2.58. The van der Waals surface area contributed by atoms with Gasteiger partial charge in [0.15, 0.2) is 0 Å². The molecule has 5 heteroatoms. The number of carbonyl (C=O) groups is 2. The predicted molar refractivity (Wildman–Crippen MR) is 110 cm³/mol. The minimum Gasteiger partial charge on any atom is -0.464 e. The van der Waals surface area contributed by atoms with Gasteiger partial charge in [-0.3, -0.25) is 9.59 Å². The van der Waals surface area contributed by atoms with Crippen molar-refractivity contribution in [2.45, 2.75) is 51.0 Å². The number of esters is 2. The molecule has 0 spiro atoms. The molecule has 29 heavy (non-hydrogen) atoms. The summed E-state index contributed by atoms with van der Waals surface area (Å²) in [7, 11) is 0. The van der Waals surface area contributed by atoms with Crippen molar-refractivity contribution in [3.63, 3.8) is 0 Å². The van der Waals surface area contributed by atoms with Gasteiger partial charge >= 0.3 is 11.9 Å². The zero-order valence-corrected chi connectivity index (χ0v) is 17.3. The summed E-state index contributed by atoms with van der Waals surface area (Å²) in [6.45, 7) is 6.55. The van der Waals surface area contributed by atoms with Crippen LogP contribution in [0, 0.1) is 11.3 Å². The molecule has 0 fully saturated rings. The third-order valence-electron chi connectivity index (χ3n) is 4.58. The van der Waals surface area contributed by atoms with E-state index in [0.29, 0.717) is 5.56 Å². The Labute approximate surface area is 172 Å². The molecule has 0 saturated carbocycles. The number of benzene rings is 2. The van der Waals surface area contributed by atoms with E-state index in [0.717, 1.165) is 5.56 Å². The van der Waals surface area contributed by atoms with Crippen molar-refractivity contribution in [1.82, 2.24) is 0 Å². The molecule has 0 unspecified atom stereocenters. The molecule has 0 radical (unpaired) electrons. The summed E-state index contributed by atoms with van der Waals surface area (Å²) in [6.07, 6.45) is -0.0228. The largest absolute Gasteiger partial charge is 0.464 e. The number of ether oxygens (including phenoxy) is 2. The Morgan fingerprint density at radius 1 is 1.00 bits per heavy atom. The molecular formula is C24H27NO4. The van der Waals surface area contributed by atoms with Crippen molar-refractivity contribution in [2.24, 2.45) is 0 Å². The van der Waals surface area contributed by atoms with Gasteiger partial charge in [0.05, 0.1) is 12.5 Å². The van der Waals surface area contributed by atoms with E-state index in [1.54, 1.807) is 20.8 Å². The highest BCUT2D eigenvalue weighted by atomic mass is 16.6. The summed E-state index contributed by atoms with van der Waals surface area (Å²) in [6, 6.07) is 20.8. The summed E-state index contributed by atoms with van der Waals surface area (Å²) < 4.78 is 10.9. The zero-order chi connectivity index (χ0) is 21.5. The number of carbonyl (C=O) groups excluding carboxylic acids is 2. The van der Waals surface area contributed by atoms with Crippen LogP contribution in [-0.2, 0) is 24.5 Å². The summed E-state index contributed by atoms with van der Waals surface area (Å²) in [4.78, 5) is 24.3. The van der Waals surface area contributed by atoms with Gasteiger partial charge < -0.3 is 9.47 Å². The minimum atomic E-state index is -1.24. The molecule has 2 rings (SSSR count). The van der Waals surface area contributed by atoms with E-state index in [9.17, 15) is 14.9 Å². The fourth-order valence-corrected chi connectivity index (χ4v) is 3.32. The second-order valence-corrected chi connectivity index (χ2v) is 7.98. The van der Waals surface area contributed by atoms with E-state index in [-0.39, 0.29) is 13.0 Å². The molecule has 5 nitrogen and oxygen atoms in total. The van der Waals surface area contributed by atoms with E-state index < -0.39 is 28.9 Å². The molecule has 2 aromatic rings. The van der Waals surface area contributed by atoms with Crippen LogP contribution < -0.4 is 0 Å². The molecular weight excluding hydrogens is 366 g/mol. The highest BCUT2D eigenvalue weighted by molar-refractivity contribution is 5.72. The Bertz CT molecular complexity index is 865. The minimum absolute atomic E-state index is 0.0228. The third kappa shape index (κ3) is 5.92. The van der Waals surface area contributed by atoms with E-state index in [1.807, 2.05) is 60.7 Å². The molecule has 2 aromatic carbocycles. The van der Waals surface area contributed by atoms with Crippen molar-refractivity contribution in [3.8, 4) is 6.07 Å². The monoisotopic (exact) mass is 393 g/mol. The Morgan fingerprint density at radius 3 is 2.03 bits per heavy atom. The third-order valence-corrected chi connectivity index (χ3v) is 4.58. The van der Waals surface area contributed by atoms with Crippen LogP contribution in [0.3, 0.4) is 0 Å². The van der Waals surface area contributed by atoms with Crippen LogP contribution in [0.4, 0.5) is 0 Å². The van der Waals surface area contributed by atoms with Crippen LogP contribution in [0.25, 0.3) is 0 Å². The Hall–Kier alpha value is -3.13. The van der Waals surface area contributed by atoms with E-state index in [1.165, 1.54) is 6.92 Å². The van der Waals surface area contributed by atoms with Crippen molar-refractivity contribution >= 4 is 11.9 Å². The smallest absolute Gasteiger partial charge is 0.306 e. The van der Waals surface area contributed by atoms with Gasteiger partial charge in [0, 0.05) is 12.8 Å². The van der Waals surface area contributed by atoms with Crippen LogP contribution in [0.2, 0.25) is 0 Å². The second kappa shape index (κ2) is 9.38. The van der Waals surface area contributed by atoms with Crippen LogP contribution in [0.1, 0.15) is 51.2 Å². The van der Waals surface area contributed by atoms with Crippen molar-refractivity contribution in [2.75, 3.05) is 6.61 Å². The van der Waals surface area contributed by atoms with Crippen molar-refractivity contribution in [3.05, 3.63) is 71.8 Å². The first-order valence-corrected chi connectivity index (χ1v) is 9.55. The van der Waals surface area contributed by atoms with Gasteiger partial charge in [0.25, 0.3) is 0 Å². The lowest BCUT2D eigenvalue weighted by atomic mass is 9.67. The van der Waals surface area contributed by atoms with Crippen LogP contribution in [0.5, 0.6) is 0 Å². The molecule has 0 N–H and O–H groups in total. The maximum Gasteiger partial charge on any atom is 0.306 e. The number of hydrogen-bond acceptors (Lipinski definition) is 5. The molecule has 0 saturated heterocycles. The average Bonchev–Trinajstić information content (AvgIpc) is 2.68. The van der Waals surface area contributed by atoms with Gasteiger partial charge in [-0.2, -0.15) is 5.26 Å². The highest BCUT2D eigenvalue weighted by Crippen LogP contribution is 2.42. The molecule has 0 aromatic heterocycles. The lowest BCUT2D eigenvalue weighted by molar-refractivity contribution is -0.155. The quantitative estimate of drug-likeness (QED) is 0.646. The highest BCUT2D eigenvalue weighted by Gasteiger charge is 2.44. The molecule has 152 valence electrons. The number of rotatable bonds is 7. The maximum atomic E-state index is 12.7. The molecule has 0 aliphatic carbocycles. The van der Waals surface area contributed by atoms with Crippen LogP contribution >= 0.6 is 0 Å². The fraction of sp³-hybridized carbons (Fsp3) is 0.375. The molecule has 2 atom stereocenters. The predicted octanol–water partition coefficient (Wildman–Crippen LogP) is 4.53. The van der Waals surface area contributed by atoms with E-state index in [4.69, 9.17) is 9.47 Å². The van der Waals surface area contributed by atoms with Gasteiger partial charge in [-0.05, 0) is 31.9 Å². The Morgan fingerprint density at radius 2 is 1.55 bits per heavy atom. The normalized spacial score (nSPS) is 14.2. The van der Waals surface area contributed by atoms with Gasteiger partial charge in [0.1, 0.15) is 17.6 Å². The Kier molecular flexibility index (Phi) is 7.17. The van der Waals surface area contributed by atoms with Crippen molar-refractivity contribution < 1.29 is 19.1 Å².